The third-order valence-electron chi connectivity index (χ3n) is 3.10. The molecule has 1 aromatic carbocycles. The van der Waals surface area contributed by atoms with Gasteiger partial charge in [-0.25, -0.2) is 4.79 Å². The van der Waals surface area contributed by atoms with Gasteiger partial charge in [0.15, 0.2) is 0 Å². The molecule has 1 saturated heterocycles. The molecular weight excluding hydrogens is 286 g/mol. The number of nitrogens with one attached hydrogen (secondary N) is 1. The van der Waals surface area contributed by atoms with Gasteiger partial charge in [-0.3, -0.25) is 4.79 Å². The number of anilines is 1. The van der Waals surface area contributed by atoms with E-state index in [0.717, 1.165) is 18.6 Å². The van der Waals surface area contributed by atoms with Gasteiger partial charge >= 0.3 is 5.97 Å². The van der Waals surface area contributed by atoms with Crippen LogP contribution in [-0.4, -0.2) is 27.5 Å². The van der Waals surface area contributed by atoms with Crippen LogP contribution in [-0.2, 0) is 4.79 Å². The Hall–Kier alpha value is -1.20. The van der Waals surface area contributed by atoms with Crippen molar-refractivity contribution in [1.82, 2.24) is 0 Å². The number of carboxylic acid groups (broad SMARTS) is 1. The minimum atomic E-state index is -1.07. The summed E-state index contributed by atoms with van der Waals surface area (Å²) in [7, 11) is 0. The summed E-state index contributed by atoms with van der Waals surface area (Å²) in [5.41, 5.74) is 0.482. The van der Waals surface area contributed by atoms with Crippen LogP contribution in [0.3, 0.4) is 0 Å². The topological polar surface area (TPSA) is 66.4 Å². The Balaban J connectivity index is 2.19. The SMILES string of the molecule is CC1(C(=O)Nc2cc(Cl)cc(C(=O)O)c2)CCCS1. The normalized spacial score (nSPS) is 22.2. The van der Waals surface area contributed by atoms with Crippen LogP contribution in [0.1, 0.15) is 30.1 Å². The van der Waals surface area contributed by atoms with Crippen molar-refractivity contribution in [3.05, 3.63) is 28.8 Å². The molecule has 0 aliphatic carbocycles. The number of carboxylic acids is 1. The van der Waals surface area contributed by atoms with Crippen molar-refractivity contribution in [2.45, 2.75) is 24.5 Å². The molecular formula is C13H14ClNO3S. The lowest BCUT2D eigenvalue weighted by Gasteiger charge is -2.21. The van der Waals surface area contributed by atoms with Crippen LogP contribution in [0.25, 0.3) is 0 Å². The Kier molecular flexibility index (Phi) is 4.06. The lowest BCUT2D eigenvalue weighted by Crippen LogP contribution is -2.34. The molecule has 4 nitrogen and oxygen atoms in total. The van der Waals surface area contributed by atoms with Gasteiger partial charge in [0.25, 0.3) is 0 Å². The fourth-order valence-corrected chi connectivity index (χ4v) is 3.45. The van der Waals surface area contributed by atoms with Crippen LogP contribution in [0.5, 0.6) is 0 Å². The second-order valence-electron chi connectivity index (χ2n) is 4.67. The predicted octanol–water partition coefficient (Wildman–Crippen LogP) is 3.26. The monoisotopic (exact) mass is 299 g/mol. The molecule has 0 saturated carbocycles. The maximum absolute atomic E-state index is 12.2. The number of hydrogen-bond donors (Lipinski definition) is 2. The second-order valence-corrected chi connectivity index (χ2v) is 6.71. The van der Waals surface area contributed by atoms with Gasteiger partial charge in [0.2, 0.25) is 5.91 Å². The number of thioether (sulfide) groups is 1. The Morgan fingerprint density at radius 3 is 2.74 bits per heavy atom. The Bertz CT molecular complexity index is 527. The average molecular weight is 300 g/mol. The van der Waals surface area contributed by atoms with Gasteiger partial charge in [-0.15, -0.1) is 11.8 Å². The van der Waals surface area contributed by atoms with Gasteiger partial charge < -0.3 is 10.4 Å². The number of rotatable bonds is 3. The number of amides is 1. The third-order valence-corrected chi connectivity index (χ3v) is 4.84. The van der Waals surface area contributed by atoms with Crippen molar-refractivity contribution in [2.24, 2.45) is 0 Å². The summed E-state index contributed by atoms with van der Waals surface area (Å²) < 4.78 is -0.439. The van der Waals surface area contributed by atoms with Gasteiger partial charge in [0, 0.05) is 10.7 Å². The van der Waals surface area contributed by atoms with Crippen LogP contribution in [0, 0.1) is 0 Å². The molecule has 1 aliphatic rings. The van der Waals surface area contributed by atoms with Crippen molar-refractivity contribution in [2.75, 3.05) is 11.1 Å². The quantitative estimate of drug-likeness (QED) is 0.899. The highest BCUT2D eigenvalue weighted by molar-refractivity contribution is 8.01. The minimum absolute atomic E-state index is 0.0621. The van der Waals surface area contributed by atoms with Gasteiger partial charge in [0.1, 0.15) is 0 Å². The molecule has 0 aromatic heterocycles. The van der Waals surface area contributed by atoms with Crippen LogP contribution < -0.4 is 5.32 Å². The first kappa shape index (κ1) is 14.2. The molecule has 0 spiro atoms. The van der Waals surface area contributed by atoms with Crippen molar-refractivity contribution in [1.29, 1.82) is 0 Å². The summed E-state index contributed by atoms with van der Waals surface area (Å²) >= 11 is 7.48. The highest BCUT2D eigenvalue weighted by atomic mass is 35.5. The van der Waals surface area contributed by atoms with Crippen molar-refractivity contribution in [3.8, 4) is 0 Å². The molecule has 1 atom stereocenters. The summed E-state index contributed by atoms with van der Waals surface area (Å²) in [6, 6.07) is 4.32. The van der Waals surface area contributed by atoms with E-state index in [-0.39, 0.29) is 11.5 Å². The number of carbonyl (C=O) groups is 2. The maximum Gasteiger partial charge on any atom is 0.335 e. The average Bonchev–Trinajstić information content (AvgIpc) is 2.76. The predicted molar refractivity (Wildman–Crippen MR) is 77.1 cm³/mol. The summed E-state index contributed by atoms with van der Waals surface area (Å²) in [6.07, 6.45) is 1.85. The van der Waals surface area contributed by atoms with Crippen LogP contribution >= 0.6 is 23.4 Å². The zero-order valence-corrected chi connectivity index (χ0v) is 12.0. The number of aromatic carboxylic acids is 1. The number of carbonyl (C=O) groups excluding carboxylic acids is 1. The molecule has 1 aromatic rings. The summed E-state index contributed by atoms with van der Waals surface area (Å²) in [6.45, 7) is 1.91. The molecule has 6 heteroatoms. The van der Waals surface area contributed by atoms with Crippen molar-refractivity contribution >= 4 is 40.9 Å². The first-order chi connectivity index (χ1) is 8.90. The first-order valence-corrected chi connectivity index (χ1v) is 7.26. The highest BCUT2D eigenvalue weighted by Gasteiger charge is 2.37. The zero-order chi connectivity index (χ0) is 14.0. The largest absolute Gasteiger partial charge is 0.478 e. The van der Waals surface area contributed by atoms with E-state index in [2.05, 4.69) is 5.32 Å². The van der Waals surface area contributed by atoms with E-state index in [1.54, 1.807) is 17.8 Å². The maximum atomic E-state index is 12.2. The van der Waals surface area contributed by atoms with Gasteiger partial charge in [-0.2, -0.15) is 0 Å². The second kappa shape index (κ2) is 5.43. The number of hydrogen-bond acceptors (Lipinski definition) is 3. The Morgan fingerprint density at radius 2 is 2.16 bits per heavy atom. The van der Waals surface area contributed by atoms with E-state index in [9.17, 15) is 9.59 Å². The zero-order valence-electron chi connectivity index (χ0n) is 10.4. The van der Waals surface area contributed by atoms with E-state index in [4.69, 9.17) is 16.7 Å². The molecule has 1 aliphatic heterocycles. The molecule has 1 unspecified atom stereocenters. The lowest BCUT2D eigenvalue weighted by molar-refractivity contribution is -0.118. The smallest absolute Gasteiger partial charge is 0.335 e. The van der Waals surface area contributed by atoms with Gasteiger partial charge in [-0.05, 0) is 43.7 Å². The van der Waals surface area contributed by atoms with E-state index in [1.807, 2.05) is 6.92 Å². The standard InChI is InChI=1S/C13H14ClNO3S/c1-13(3-2-4-19-13)12(18)15-10-6-8(11(16)17)5-9(14)7-10/h5-7H,2-4H2,1H3,(H,15,18)(H,16,17). The molecule has 0 bridgehead atoms. The molecule has 19 heavy (non-hydrogen) atoms. The van der Waals surface area contributed by atoms with E-state index >= 15 is 0 Å². The summed E-state index contributed by atoms with van der Waals surface area (Å²) in [5.74, 6) is -0.201. The third kappa shape index (κ3) is 3.22. The van der Waals surface area contributed by atoms with E-state index in [0.29, 0.717) is 10.7 Å². The summed E-state index contributed by atoms with van der Waals surface area (Å²) in [4.78, 5) is 23.1. The van der Waals surface area contributed by atoms with Gasteiger partial charge in [0.05, 0.1) is 10.3 Å². The van der Waals surface area contributed by atoms with Crippen LogP contribution in [0.15, 0.2) is 18.2 Å². The Labute approximate surface area is 120 Å². The molecule has 1 amide bonds. The number of benzene rings is 1. The van der Waals surface area contributed by atoms with Crippen LogP contribution in [0.4, 0.5) is 5.69 Å². The highest BCUT2D eigenvalue weighted by Crippen LogP contribution is 2.38. The van der Waals surface area contributed by atoms with Crippen LogP contribution in [0.2, 0.25) is 5.02 Å². The molecule has 1 fully saturated rings. The molecule has 2 N–H and O–H groups in total. The van der Waals surface area contributed by atoms with Crippen molar-refractivity contribution < 1.29 is 14.7 Å². The van der Waals surface area contributed by atoms with E-state index < -0.39 is 10.7 Å². The fourth-order valence-electron chi connectivity index (χ4n) is 2.01. The first-order valence-electron chi connectivity index (χ1n) is 5.90. The fraction of sp³-hybridized carbons (Fsp3) is 0.385. The van der Waals surface area contributed by atoms with Gasteiger partial charge in [-0.1, -0.05) is 11.6 Å². The summed E-state index contributed by atoms with van der Waals surface area (Å²) in [5, 5.41) is 12.0. The molecule has 0 radical (unpaired) electrons. The van der Waals surface area contributed by atoms with E-state index in [1.165, 1.54) is 12.1 Å². The molecule has 102 valence electrons. The number of halogens is 1. The lowest BCUT2D eigenvalue weighted by atomic mass is 10.0. The van der Waals surface area contributed by atoms with Crippen molar-refractivity contribution in [3.63, 3.8) is 0 Å². The Morgan fingerprint density at radius 1 is 1.42 bits per heavy atom. The minimum Gasteiger partial charge on any atom is -0.478 e. The molecule has 2 rings (SSSR count). The molecule has 1 heterocycles.